The molecule has 0 aromatic heterocycles. The van der Waals surface area contributed by atoms with E-state index in [-0.39, 0.29) is 12.5 Å². The van der Waals surface area contributed by atoms with Gasteiger partial charge in [0.15, 0.2) is 0 Å². The van der Waals surface area contributed by atoms with Gasteiger partial charge in [0, 0.05) is 14.6 Å². The van der Waals surface area contributed by atoms with Crippen molar-refractivity contribution in [1.29, 1.82) is 0 Å². The van der Waals surface area contributed by atoms with Crippen molar-refractivity contribution in [2.75, 3.05) is 20.3 Å². The zero-order valence-corrected chi connectivity index (χ0v) is 14.7. The molecule has 0 spiro atoms. The van der Waals surface area contributed by atoms with E-state index in [2.05, 4.69) is 25.0 Å². The molecule has 122 valence electrons. The van der Waals surface area contributed by atoms with Gasteiger partial charge in [-0.3, -0.25) is 4.79 Å². The number of carbonyl (C=O) groups is 2. The van der Waals surface area contributed by atoms with Gasteiger partial charge in [-0.2, -0.15) is 0 Å². The summed E-state index contributed by atoms with van der Waals surface area (Å²) < 4.78 is 9.95. The molecule has 5 nitrogen and oxygen atoms in total. The Bertz CT molecular complexity index is 485. The van der Waals surface area contributed by atoms with Crippen LogP contribution in [0.25, 0.3) is 0 Å². The van der Waals surface area contributed by atoms with Crippen molar-refractivity contribution in [2.24, 2.45) is 0 Å². The minimum atomic E-state index is -1.22. The van der Waals surface area contributed by atoms with E-state index in [0.717, 1.165) is 11.6 Å². The number of rotatable bonds is 7. The first-order valence-electron chi connectivity index (χ1n) is 7.37. The molecule has 1 amide bonds. The van der Waals surface area contributed by atoms with Gasteiger partial charge >= 0.3 is 12.1 Å². The minimum absolute atomic E-state index is 0.155. The van der Waals surface area contributed by atoms with Crippen molar-refractivity contribution in [1.82, 2.24) is 5.32 Å². The van der Waals surface area contributed by atoms with Gasteiger partial charge < -0.3 is 14.8 Å². The lowest BCUT2D eigenvalue weighted by molar-refractivity contribution is -0.142. The third kappa shape index (κ3) is 6.75. The summed E-state index contributed by atoms with van der Waals surface area (Å²) in [5.74, 6) is -0.913. The van der Waals surface area contributed by atoms with E-state index in [9.17, 15) is 9.59 Å². The quantitative estimate of drug-likeness (QED) is 0.619. The summed E-state index contributed by atoms with van der Waals surface area (Å²) >= 11 is 0. The molecule has 0 heterocycles. The van der Waals surface area contributed by atoms with Crippen LogP contribution >= 0.6 is 0 Å². The molecule has 0 aliphatic heterocycles. The van der Waals surface area contributed by atoms with Gasteiger partial charge in [-0.25, -0.2) is 4.79 Å². The van der Waals surface area contributed by atoms with E-state index in [1.807, 2.05) is 30.3 Å². The van der Waals surface area contributed by atoms with Crippen LogP contribution in [-0.2, 0) is 14.3 Å². The Morgan fingerprint density at radius 2 is 1.82 bits per heavy atom. The highest BCUT2D eigenvalue weighted by atomic mass is 28.3. The molecule has 1 atom stereocenters. The second-order valence-electron chi connectivity index (χ2n) is 6.31. The Kier molecular flexibility index (Phi) is 7.11. The molecule has 1 rings (SSSR count). The molecule has 0 bridgehead atoms. The normalized spacial score (nSPS) is 12.4. The van der Waals surface area contributed by atoms with Crippen LogP contribution in [-0.4, -0.2) is 40.4 Å². The highest BCUT2D eigenvalue weighted by Gasteiger charge is 2.22. The maximum absolute atomic E-state index is 11.9. The summed E-state index contributed by atoms with van der Waals surface area (Å²) in [5.41, 5.74) is 0.803. The molecule has 0 saturated heterocycles. The van der Waals surface area contributed by atoms with Crippen LogP contribution in [0.3, 0.4) is 0 Å². The van der Waals surface area contributed by atoms with Crippen LogP contribution in [0.2, 0.25) is 25.7 Å². The minimum Gasteiger partial charge on any atom is -0.468 e. The van der Waals surface area contributed by atoms with Crippen molar-refractivity contribution >= 4 is 20.1 Å². The van der Waals surface area contributed by atoms with Crippen molar-refractivity contribution < 1.29 is 19.1 Å². The summed E-state index contributed by atoms with van der Waals surface area (Å²) in [5, 5.41) is 2.64. The maximum atomic E-state index is 11.9. The molecule has 0 aliphatic carbocycles. The van der Waals surface area contributed by atoms with Crippen LogP contribution in [0.1, 0.15) is 11.5 Å². The van der Waals surface area contributed by atoms with E-state index < -0.39 is 20.1 Å². The Morgan fingerprint density at radius 3 is 2.36 bits per heavy atom. The number of alkyl carbamates (subject to hydrolysis) is 1. The fraction of sp³-hybridized carbons (Fsp3) is 0.500. The summed E-state index contributed by atoms with van der Waals surface area (Å²) in [6.45, 7) is 7.23. The number of methoxy groups -OCH3 is 1. The SMILES string of the molecule is COC(=O)C(CNC(=O)OCC[Si](C)(C)C)c1ccccc1. The van der Waals surface area contributed by atoms with Gasteiger partial charge in [-0.1, -0.05) is 50.0 Å². The molecule has 0 aliphatic rings. The van der Waals surface area contributed by atoms with Gasteiger partial charge in [0.25, 0.3) is 0 Å². The molecule has 0 radical (unpaired) electrons. The van der Waals surface area contributed by atoms with Crippen LogP contribution in [0, 0.1) is 0 Å². The number of esters is 1. The monoisotopic (exact) mass is 323 g/mol. The second-order valence-corrected chi connectivity index (χ2v) is 11.9. The highest BCUT2D eigenvalue weighted by molar-refractivity contribution is 6.76. The topological polar surface area (TPSA) is 64.6 Å². The molecule has 22 heavy (non-hydrogen) atoms. The predicted molar refractivity (Wildman–Crippen MR) is 88.7 cm³/mol. The number of benzene rings is 1. The van der Waals surface area contributed by atoms with E-state index in [1.165, 1.54) is 7.11 Å². The number of carbonyl (C=O) groups excluding carboxylic acids is 2. The third-order valence-corrected chi connectivity index (χ3v) is 4.93. The van der Waals surface area contributed by atoms with Crippen LogP contribution in [0.15, 0.2) is 30.3 Å². The maximum Gasteiger partial charge on any atom is 0.407 e. The van der Waals surface area contributed by atoms with Gasteiger partial charge in [-0.05, 0) is 11.6 Å². The number of hydrogen-bond donors (Lipinski definition) is 1. The summed E-state index contributed by atoms with van der Waals surface area (Å²) in [6.07, 6.45) is -0.497. The fourth-order valence-electron chi connectivity index (χ4n) is 1.85. The molecule has 1 aromatic rings. The van der Waals surface area contributed by atoms with Crippen LogP contribution < -0.4 is 5.32 Å². The van der Waals surface area contributed by atoms with Crippen molar-refractivity contribution in [3.8, 4) is 0 Å². The zero-order valence-electron chi connectivity index (χ0n) is 13.7. The Morgan fingerprint density at radius 1 is 1.18 bits per heavy atom. The predicted octanol–water partition coefficient (Wildman–Crippen LogP) is 3.01. The Balaban J connectivity index is 2.51. The zero-order chi connectivity index (χ0) is 16.6. The van der Waals surface area contributed by atoms with E-state index in [4.69, 9.17) is 9.47 Å². The van der Waals surface area contributed by atoms with Crippen molar-refractivity contribution in [3.63, 3.8) is 0 Å². The Hall–Kier alpha value is -1.82. The lowest BCUT2D eigenvalue weighted by Crippen LogP contribution is -2.33. The molecule has 0 saturated carbocycles. The second kappa shape index (κ2) is 8.58. The standard InChI is InChI=1S/C16H25NO4Si/c1-20-15(18)14(13-8-6-5-7-9-13)12-17-16(19)21-10-11-22(2,3)4/h5-9,14H,10-12H2,1-4H3,(H,17,19). The van der Waals surface area contributed by atoms with Crippen LogP contribution in [0.5, 0.6) is 0 Å². The largest absolute Gasteiger partial charge is 0.468 e. The van der Waals surface area contributed by atoms with E-state index in [0.29, 0.717) is 6.61 Å². The van der Waals surface area contributed by atoms with Crippen LogP contribution in [0.4, 0.5) is 4.79 Å². The number of nitrogens with one attached hydrogen (secondary N) is 1. The first-order chi connectivity index (χ1) is 10.3. The van der Waals surface area contributed by atoms with E-state index >= 15 is 0 Å². The first-order valence-corrected chi connectivity index (χ1v) is 11.1. The third-order valence-electron chi connectivity index (χ3n) is 3.22. The lowest BCUT2D eigenvalue weighted by Gasteiger charge is -2.17. The first kappa shape index (κ1) is 18.2. The average molecular weight is 323 g/mol. The smallest absolute Gasteiger partial charge is 0.407 e. The number of amides is 1. The van der Waals surface area contributed by atoms with Crippen molar-refractivity contribution in [3.05, 3.63) is 35.9 Å². The average Bonchev–Trinajstić information content (AvgIpc) is 2.47. The van der Waals surface area contributed by atoms with Crippen molar-refractivity contribution in [2.45, 2.75) is 31.6 Å². The van der Waals surface area contributed by atoms with Gasteiger partial charge in [0.2, 0.25) is 0 Å². The van der Waals surface area contributed by atoms with Gasteiger partial charge in [0.05, 0.1) is 19.6 Å². The summed E-state index contributed by atoms with van der Waals surface area (Å²) in [4.78, 5) is 23.6. The molecular formula is C16H25NO4Si. The summed E-state index contributed by atoms with van der Waals surface area (Å²) in [6, 6.07) is 10.1. The number of ether oxygens (including phenoxy) is 2. The summed E-state index contributed by atoms with van der Waals surface area (Å²) in [7, 11) is 0.114. The molecule has 6 heteroatoms. The number of hydrogen-bond acceptors (Lipinski definition) is 4. The molecular weight excluding hydrogens is 298 g/mol. The van der Waals surface area contributed by atoms with Gasteiger partial charge in [-0.15, -0.1) is 0 Å². The van der Waals surface area contributed by atoms with E-state index in [1.54, 1.807) is 0 Å². The molecule has 1 unspecified atom stereocenters. The molecule has 0 fully saturated rings. The lowest BCUT2D eigenvalue weighted by atomic mass is 9.99. The molecule has 1 N–H and O–H groups in total. The highest BCUT2D eigenvalue weighted by Crippen LogP contribution is 2.16. The Labute approximate surface area is 133 Å². The fourth-order valence-corrected chi connectivity index (χ4v) is 2.57. The molecule has 1 aromatic carbocycles. The van der Waals surface area contributed by atoms with Gasteiger partial charge in [0.1, 0.15) is 0 Å².